The van der Waals surface area contributed by atoms with Crippen molar-refractivity contribution in [2.75, 3.05) is 6.54 Å². The van der Waals surface area contributed by atoms with Crippen molar-refractivity contribution in [2.24, 2.45) is 0 Å². The molecule has 0 heterocycles. The van der Waals surface area contributed by atoms with Gasteiger partial charge >= 0.3 is 0 Å². The van der Waals surface area contributed by atoms with Gasteiger partial charge in [0.05, 0.1) is 5.02 Å². The van der Waals surface area contributed by atoms with Gasteiger partial charge in [0, 0.05) is 12.1 Å². The molecule has 0 aliphatic carbocycles. The molecule has 1 aromatic carbocycles. The van der Waals surface area contributed by atoms with Crippen LogP contribution in [0.1, 0.15) is 31.7 Å². The first kappa shape index (κ1) is 12.5. The third-order valence-electron chi connectivity index (χ3n) is 2.30. The molecule has 0 amide bonds. The van der Waals surface area contributed by atoms with E-state index in [4.69, 9.17) is 11.6 Å². The standard InChI is InChI=1S/C12H17ClFN/c1-2-3-4-8-15-9-10-6-5-7-11(13)12(10)14/h5-7,15H,2-4,8-9H2,1H3. The number of hydrogen-bond acceptors (Lipinski definition) is 1. The second-order valence-electron chi connectivity index (χ2n) is 3.60. The third-order valence-corrected chi connectivity index (χ3v) is 2.60. The maximum absolute atomic E-state index is 13.4. The lowest BCUT2D eigenvalue weighted by Crippen LogP contribution is -2.15. The lowest BCUT2D eigenvalue weighted by Gasteiger charge is -2.06. The first-order chi connectivity index (χ1) is 7.25. The van der Waals surface area contributed by atoms with Gasteiger partial charge in [-0.25, -0.2) is 4.39 Å². The molecule has 0 saturated heterocycles. The van der Waals surface area contributed by atoms with E-state index in [-0.39, 0.29) is 10.8 Å². The largest absolute Gasteiger partial charge is 0.313 e. The van der Waals surface area contributed by atoms with E-state index in [0.29, 0.717) is 12.1 Å². The van der Waals surface area contributed by atoms with Gasteiger partial charge in [0.1, 0.15) is 5.82 Å². The molecule has 0 bridgehead atoms. The van der Waals surface area contributed by atoms with Crippen LogP contribution in [0, 0.1) is 5.82 Å². The summed E-state index contributed by atoms with van der Waals surface area (Å²) < 4.78 is 13.4. The normalized spacial score (nSPS) is 10.6. The molecule has 84 valence electrons. The molecule has 1 nitrogen and oxygen atoms in total. The molecule has 0 aliphatic rings. The van der Waals surface area contributed by atoms with Gasteiger partial charge in [-0.05, 0) is 19.0 Å². The van der Waals surface area contributed by atoms with Gasteiger partial charge in [-0.3, -0.25) is 0 Å². The topological polar surface area (TPSA) is 12.0 Å². The summed E-state index contributed by atoms with van der Waals surface area (Å²) >= 11 is 5.67. The number of nitrogens with one attached hydrogen (secondary N) is 1. The van der Waals surface area contributed by atoms with Crippen molar-refractivity contribution in [3.8, 4) is 0 Å². The maximum atomic E-state index is 13.4. The second kappa shape index (κ2) is 6.81. The van der Waals surface area contributed by atoms with Gasteiger partial charge in [-0.15, -0.1) is 0 Å². The quantitative estimate of drug-likeness (QED) is 0.733. The highest BCUT2D eigenvalue weighted by atomic mass is 35.5. The summed E-state index contributed by atoms with van der Waals surface area (Å²) in [7, 11) is 0. The van der Waals surface area contributed by atoms with Crippen LogP contribution >= 0.6 is 11.6 Å². The molecule has 0 fully saturated rings. The molecule has 0 aliphatic heterocycles. The van der Waals surface area contributed by atoms with Gasteiger partial charge < -0.3 is 5.32 Å². The highest BCUT2D eigenvalue weighted by molar-refractivity contribution is 6.30. The lowest BCUT2D eigenvalue weighted by atomic mass is 10.2. The van der Waals surface area contributed by atoms with Crippen LogP contribution in [0.2, 0.25) is 5.02 Å². The maximum Gasteiger partial charge on any atom is 0.146 e. The Balaban J connectivity index is 2.34. The van der Waals surface area contributed by atoms with Gasteiger partial charge in [-0.2, -0.15) is 0 Å². The fraction of sp³-hybridized carbons (Fsp3) is 0.500. The minimum Gasteiger partial charge on any atom is -0.313 e. The van der Waals surface area contributed by atoms with Crippen molar-refractivity contribution in [1.29, 1.82) is 0 Å². The molecule has 0 unspecified atom stereocenters. The fourth-order valence-corrected chi connectivity index (χ4v) is 1.60. The van der Waals surface area contributed by atoms with Crippen molar-refractivity contribution in [3.05, 3.63) is 34.6 Å². The van der Waals surface area contributed by atoms with Crippen molar-refractivity contribution in [2.45, 2.75) is 32.7 Å². The lowest BCUT2D eigenvalue weighted by molar-refractivity contribution is 0.574. The van der Waals surface area contributed by atoms with E-state index in [9.17, 15) is 4.39 Å². The smallest absolute Gasteiger partial charge is 0.146 e. The zero-order chi connectivity index (χ0) is 11.1. The predicted octanol–water partition coefficient (Wildman–Crippen LogP) is 3.76. The Hall–Kier alpha value is -0.600. The number of benzene rings is 1. The number of hydrogen-bond donors (Lipinski definition) is 1. The van der Waals surface area contributed by atoms with Gasteiger partial charge in [0.25, 0.3) is 0 Å². The molecule has 15 heavy (non-hydrogen) atoms. The van der Waals surface area contributed by atoms with Crippen LogP contribution in [0.4, 0.5) is 4.39 Å². The first-order valence-corrected chi connectivity index (χ1v) is 5.77. The molecule has 1 N–H and O–H groups in total. The minimum atomic E-state index is -0.304. The summed E-state index contributed by atoms with van der Waals surface area (Å²) in [5.41, 5.74) is 0.638. The Morgan fingerprint density at radius 2 is 2.13 bits per heavy atom. The summed E-state index contributed by atoms with van der Waals surface area (Å²) in [5.74, 6) is -0.304. The van der Waals surface area contributed by atoms with Gasteiger partial charge in [0.15, 0.2) is 0 Å². The molecule has 0 spiro atoms. The van der Waals surface area contributed by atoms with E-state index in [0.717, 1.165) is 13.0 Å². The molecule has 0 radical (unpaired) electrons. The van der Waals surface area contributed by atoms with Gasteiger partial charge in [-0.1, -0.05) is 43.5 Å². The Morgan fingerprint density at radius 3 is 2.87 bits per heavy atom. The minimum absolute atomic E-state index is 0.197. The fourth-order valence-electron chi connectivity index (χ4n) is 1.41. The summed E-state index contributed by atoms with van der Waals surface area (Å²) in [6.45, 7) is 3.65. The summed E-state index contributed by atoms with van der Waals surface area (Å²) in [6.07, 6.45) is 3.55. The van der Waals surface area contributed by atoms with Crippen LogP contribution in [0.15, 0.2) is 18.2 Å². The van der Waals surface area contributed by atoms with Crippen molar-refractivity contribution >= 4 is 11.6 Å². The molecular formula is C12H17ClFN. The Morgan fingerprint density at radius 1 is 1.33 bits per heavy atom. The van der Waals surface area contributed by atoms with E-state index in [1.165, 1.54) is 12.8 Å². The molecule has 0 saturated carbocycles. The average Bonchev–Trinajstić information content (AvgIpc) is 2.24. The summed E-state index contributed by atoms with van der Waals surface area (Å²) in [5, 5.41) is 3.40. The van der Waals surface area contributed by atoms with Crippen molar-refractivity contribution in [3.63, 3.8) is 0 Å². The molecule has 0 aromatic heterocycles. The van der Waals surface area contributed by atoms with Crippen LogP contribution in [0.5, 0.6) is 0 Å². The summed E-state index contributed by atoms with van der Waals surface area (Å²) in [4.78, 5) is 0. The molecule has 1 rings (SSSR count). The molecular weight excluding hydrogens is 213 g/mol. The first-order valence-electron chi connectivity index (χ1n) is 5.39. The highest BCUT2D eigenvalue weighted by Gasteiger charge is 2.04. The third kappa shape index (κ3) is 4.18. The van der Waals surface area contributed by atoms with E-state index < -0.39 is 0 Å². The molecule has 0 atom stereocenters. The highest BCUT2D eigenvalue weighted by Crippen LogP contribution is 2.17. The Labute approximate surface area is 95.6 Å². The predicted molar refractivity (Wildman–Crippen MR) is 62.6 cm³/mol. The van der Waals surface area contributed by atoms with Gasteiger partial charge in [0.2, 0.25) is 0 Å². The van der Waals surface area contributed by atoms with E-state index in [1.807, 2.05) is 0 Å². The zero-order valence-corrected chi connectivity index (χ0v) is 9.78. The van der Waals surface area contributed by atoms with Crippen molar-refractivity contribution in [1.82, 2.24) is 5.32 Å². The van der Waals surface area contributed by atoms with Crippen LogP contribution in [0.3, 0.4) is 0 Å². The molecule has 1 aromatic rings. The second-order valence-corrected chi connectivity index (χ2v) is 4.00. The van der Waals surface area contributed by atoms with Crippen LogP contribution in [-0.2, 0) is 6.54 Å². The summed E-state index contributed by atoms with van der Waals surface area (Å²) in [6, 6.07) is 5.10. The van der Waals surface area contributed by atoms with Crippen molar-refractivity contribution < 1.29 is 4.39 Å². The molecule has 3 heteroatoms. The van der Waals surface area contributed by atoms with E-state index in [2.05, 4.69) is 12.2 Å². The SMILES string of the molecule is CCCCCNCc1cccc(Cl)c1F. The zero-order valence-electron chi connectivity index (χ0n) is 9.02. The average molecular weight is 230 g/mol. The van der Waals surface area contributed by atoms with E-state index >= 15 is 0 Å². The van der Waals surface area contributed by atoms with Crippen LogP contribution < -0.4 is 5.32 Å². The monoisotopic (exact) mass is 229 g/mol. The van der Waals surface area contributed by atoms with Crippen LogP contribution in [0.25, 0.3) is 0 Å². The number of unbranched alkanes of at least 4 members (excludes halogenated alkanes) is 2. The van der Waals surface area contributed by atoms with E-state index in [1.54, 1.807) is 18.2 Å². The number of rotatable bonds is 6. The van der Waals surface area contributed by atoms with Crippen LogP contribution in [-0.4, -0.2) is 6.54 Å². The Bertz CT molecular complexity index is 302. The number of halogens is 2. The Kier molecular flexibility index (Phi) is 5.66.